The Balaban J connectivity index is -0.000000236. The third kappa shape index (κ3) is 40.4. The fourth-order valence-electron chi connectivity index (χ4n) is 1.55. The van der Waals surface area contributed by atoms with Crippen molar-refractivity contribution in [3.8, 4) is 0 Å². The maximum Gasteiger partial charge on any atom is 0.0924 e. The number of nitrogens with zero attached hydrogens (tertiary/aromatic N) is 3. The molecule has 0 spiro atoms. The Morgan fingerprint density at radius 3 is 0.826 bits per heavy atom. The van der Waals surface area contributed by atoms with Crippen LogP contribution in [0.5, 0.6) is 0 Å². The van der Waals surface area contributed by atoms with Crippen LogP contribution >= 0.6 is 0 Å². The summed E-state index contributed by atoms with van der Waals surface area (Å²) < 4.78 is 0. The molecule has 0 aliphatic heterocycles. The van der Waals surface area contributed by atoms with Gasteiger partial charge in [-0.25, -0.2) is 15.0 Å². The number of nitrogens with two attached hydrogens (primary N) is 3. The van der Waals surface area contributed by atoms with E-state index in [9.17, 15) is 29.7 Å². The van der Waals surface area contributed by atoms with Crippen LogP contribution in [-0.2, 0) is 49.8 Å². The molecule has 0 aromatic carbocycles. The fraction of sp³-hybridized carbons (Fsp3) is 0.125. The molecule has 3 heterocycles. The van der Waals surface area contributed by atoms with Crippen LogP contribution in [0.15, 0.2) is 55.8 Å². The largest absolute Gasteiger partial charge is 0.549 e. The Kier molecular flexibility index (Phi) is 33.0. The Bertz CT molecular complexity index is 1160. The molecule has 3 rings (SSSR count). The summed E-state index contributed by atoms with van der Waals surface area (Å²) in [5.74, 6) is -7.29. The topological polar surface area (TPSA) is 405 Å². The van der Waals surface area contributed by atoms with Crippen molar-refractivity contribution in [1.82, 2.24) is 29.9 Å². The number of carbonyl (C=O) groups is 6. The number of rotatable bonds is 9. The van der Waals surface area contributed by atoms with Crippen LogP contribution in [-0.4, -0.2) is 85.4 Å². The predicted molar refractivity (Wildman–Crippen MR) is 140 cm³/mol. The molecule has 0 atom stereocenters. The molecule has 9 N–H and O–H groups in total. The first-order chi connectivity index (χ1) is 21.2. The average Bonchev–Trinajstić information content (AvgIpc) is 3.80. The quantitative estimate of drug-likeness (QED) is 0.0879. The fourth-order valence-corrected chi connectivity index (χ4v) is 1.55. The van der Waals surface area contributed by atoms with Gasteiger partial charge in [0, 0.05) is 40.7 Å². The molecule has 0 aliphatic carbocycles. The summed E-state index contributed by atoms with van der Waals surface area (Å²) in [6.45, 7) is -1.17. The summed E-state index contributed by atoms with van der Waals surface area (Å²) in [5.41, 5.74) is 15.5. The number of aromatic nitrogens is 6. The van der Waals surface area contributed by atoms with E-state index >= 15 is 0 Å². The molecule has 0 saturated carbocycles. The zero-order valence-corrected chi connectivity index (χ0v) is 25.4. The maximum absolute atomic E-state index is 9.86. The molecule has 0 bridgehead atoms. The molecule has 46 heavy (non-hydrogen) atoms. The van der Waals surface area contributed by atoms with E-state index in [1.54, 1.807) is 0 Å². The van der Waals surface area contributed by atoms with E-state index < -0.39 is 35.8 Å². The van der Waals surface area contributed by atoms with Gasteiger partial charge < -0.3 is 91.6 Å². The van der Waals surface area contributed by atoms with Crippen molar-refractivity contribution in [3.63, 3.8) is 0 Å². The van der Waals surface area contributed by atoms with Crippen molar-refractivity contribution < 1.29 is 80.5 Å². The molecule has 0 amide bonds. The van der Waals surface area contributed by atoms with Gasteiger partial charge in [0.15, 0.2) is 0 Å². The standard InChI is InChI=1S/3C6H6N2O2.3C2H5NO2.Mo/c3*9-6(10)2-1-5-3-7-4-8-5;3*3-1-2(4)5;/h3*1-4H,(H,7,8)(H,9,10);3*1,3H2,(H,4,5);/p-6. The summed E-state index contributed by atoms with van der Waals surface area (Å²) >= 11 is 0. The molecule has 3 aromatic heterocycles. The zero-order chi connectivity index (χ0) is 35.0. The van der Waals surface area contributed by atoms with Crippen molar-refractivity contribution in [2.45, 2.75) is 0 Å². The molecule has 252 valence electrons. The van der Waals surface area contributed by atoms with Crippen molar-refractivity contribution in [1.29, 1.82) is 0 Å². The van der Waals surface area contributed by atoms with E-state index in [0.717, 1.165) is 18.2 Å². The van der Waals surface area contributed by atoms with Crippen LogP contribution in [0, 0.1) is 0 Å². The van der Waals surface area contributed by atoms with Gasteiger partial charge in [0.1, 0.15) is 0 Å². The minimum absolute atomic E-state index is 0. The number of aromatic amines is 3. The molecule has 0 saturated heterocycles. The van der Waals surface area contributed by atoms with E-state index in [1.165, 1.54) is 55.8 Å². The Hall–Kier alpha value is -5.76. The van der Waals surface area contributed by atoms with Gasteiger partial charge >= 0.3 is 0 Å². The van der Waals surface area contributed by atoms with Crippen molar-refractivity contribution in [2.24, 2.45) is 17.2 Å². The van der Waals surface area contributed by atoms with E-state index in [4.69, 9.17) is 29.7 Å². The maximum atomic E-state index is 9.86. The first-order valence-corrected chi connectivity index (χ1v) is 11.5. The minimum Gasteiger partial charge on any atom is -0.549 e. The predicted octanol–water partition coefficient (Wildman–Crippen LogP) is -9.40. The number of nitrogens with one attached hydrogen (secondary N) is 3. The van der Waals surface area contributed by atoms with Gasteiger partial charge in [-0.1, -0.05) is 0 Å². The van der Waals surface area contributed by atoms with Crippen LogP contribution in [0.4, 0.5) is 0 Å². The third-order valence-corrected chi connectivity index (χ3v) is 3.26. The Morgan fingerprint density at radius 2 is 0.717 bits per heavy atom. The second-order valence-corrected chi connectivity index (χ2v) is 6.71. The molecule has 0 fully saturated rings. The number of carboxylic acid groups (broad SMARTS) is 6. The monoisotopic (exact) mass is 731 g/mol. The first kappa shape index (κ1) is 47.2. The molecule has 21 nitrogen and oxygen atoms in total. The summed E-state index contributed by atoms with van der Waals surface area (Å²) in [6, 6.07) is 0. The smallest absolute Gasteiger partial charge is 0.0924 e. The zero-order valence-electron chi connectivity index (χ0n) is 23.4. The van der Waals surface area contributed by atoms with Crippen molar-refractivity contribution in [3.05, 3.63) is 72.9 Å². The second kappa shape index (κ2) is 32.2. The van der Waals surface area contributed by atoms with Gasteiger partial charge in [-0.2, -0.15) is 0 Å². The van der Waals surface area contributed by atoms with Gasteiger partial charge in [0.05, 0.1) is 90.5 Å². The number of H-pyrrole nitrogens is 3. The normalized spacial score (nSPS) is 9.20. The summed E-state index contributed by atoms with van der Waals surface area (Å²) in [5, 5.41) is 57.0. The third-order valence-electron chi connectivity index (χ3n) is 3.26. The van der Waals surface area contributed by atoms with Gasteiger partial charge in [-0.3, -0.25) is 0 Å². The molecule has 0 aliphatic rings. The van der Waals surface area contributed by atoms with Crippen LogP contribution in [0.3, 0.4) is 0 Å². The minimum atomic E-state index is -1.22. The number of imidazole rings is 3. The van der Waals surface area contributed by atoms with E-state index in [2.05, 4.69) is 47.1 Å². The molecule has 0 unspecified atom stereocenters. The molecule has 0 radical (unpaired) electrons. The number of hydrogen-bond donors (Lipinski definition) is 6. The van der Waals surface area contributed by atoms with Crippen LogP contribution in [0.25, 0.3) is 18.2 Å². The Morgan fingerprint density at radius 1 is 0.522 bits per heavy atom. The van der Waals surface area contributed by atoms with Crippen molar-refractivity contribution in [2.75, 3.05) is 19.6 Å². The number of carbonyl (C=O) groups excluding carboxylic acids is 6. The molecular weight excluding hydrogens is 702 g/mol. The molecular formula is C24H27MoN9O12-6. The van der Waals surface area contributed by atoms with E-state index in [0.29, 0.717) is 17.1 Å². The van der Waals surface area contributed by atoms with E-state index in [-0.39, 0.29) is 40.7 Å². The molecule has 22 heteroatoms. The number of hydrogen-bond acceptors (Lipinski definition) is 18. The van der Waals surface area contributed by atoms with Crippen LogP contribution in [0.1, 0.15) is 17.1 Å². The summed E-state index contributed by atoms with van der Waals surface area (Å²) in [7, 11) is 0. The molecule has 3 aromatic rings. The number of aliphatic carboxylic acids is 6. The van der Waals surface area contributed by atoms with Crippen molar-refractivity contribution >= 4 is 54.0 Å². The summed E-state index contributed by atoms with van der Waals surface area (Å²) in [4.78, 5) is 76.1. The average molecular weight is 729 g/mol. The van der Waals surface area contributed by atoms with Crippen LogP contribution < -0.4 is 47.8 Å². The van der Waals surface area contributed by atoms with Gasteiger partial charge in [-0.05, 0) is 36.5 Å². The van der Waals surface area contributed by atoms with Crippen LogP contribution in [0.2, 0.25) is 0 Å². The second-order valence-electron chi connectivity index (χ2n) is 6.71. The van der Waals surface area contributed by atoms with E-state index in [1.807, 2.05) is 0 Å². The summed E-state index contributed by atoms with van der Waals surface area (Å²) in [6.07, 6.45) is 15.9. The van der Waals surface area contributed by atoms with Gasteiger partial charge in [0.2, 0.25) is 0 Å². The SMILES string of the molecule is NCC(=O)[O-].NCC(=O)[O-].NCC(=O)[O-].O=C([O-])C=Cc1cnc[nH]1.O=C([O-])C=Cc1cnc[nH]1.O=C([O-])C=Cc1cnc[nH]1.[Mo]. The number of carboxylic acids is 6. The first-order valence-electron chi connectivity index (χ1n) is 11.5. The van der Waals surface area contributed by atoms with Gasteiger partial charge in [0.25, 0.3) is 0 Å². The Labute approximate surface area is 273 Å². The van der Waals surface area contributed by atoms with Gasteiger partial charge in [-0.15, -0.1) is 0 Å².